The molecule has 1 saturated heterocycles. The van der Waals surface area contributed by atoms with Crippen LogP contribution in [-0.4, -0.2) is 36.8 Å². The third-order valence-corrected chi connectivity index (χ3v) is 5.87. The van der Waals surface area contributed by atoms with Crippen LogP contribution in [0.5, 0.6) is 0 Å². The molecule has 0 bridgehead atoms. The van der Waals surface area contributed by atoms with E-state index in [9.17, 15) is 0 Å². The lowest BCUT2D eigenvalue weighted by molar-refractivity contribution is -0.0718. The summed E-state index contributed by atoms with van der Waals surface area (Å²) in [5.74, 6) is 1.87. The molecule has 25 heavy (non-hydrogen) atoms. The van der Waals surface area contributed by atoms with Gasteiger partial charge in [-0.05, 0) is 58.1 Å². The fourth-order valence-electron chi connectivity index (χ4n) is 4.47. The molecular weight excluding hydrogens is 310 g/mol. The molecule has 0 spiro atoms. The van der Waals surface area contributed by atoms with Crippen molar-refractivity contribution in [3.8, 4) is 0 Å². The van der Waals surface area contributed by atoms with Crippen LogP contribution in [0.4, 0.5) is 5.82 Å². The summed E-state index contributed by atoms with van der Waals surface area (Å²) in [6.07, 6.45) is 10.9. The van der Waals surface area contributed by atoms with Crippen LogP contribution in [0.1, 0.15) is 64.4 Å². The van der Waals surface area contributed by atoms with Crippen LogP contribution in [0.2, 0.25) is 0 Å². The van der Waals surface area contributed by atoms with Gasteiger partial charge in [0.1, 0.15) is 5.82 Å². The van der Waals surface area contributed by atoms with Gasteiger partial charge in [0.05, 0.1) is 5.60 Å². The minimum Gasteiger partial charge on any atom is -0.376 e. The Morgan fingerprint density at radius 3 is 2.80 bits per heavy atom. The molecule has 0 amide bonds. The molecule has 140 valence electrons. The maximum Gasteiger partial charge on any atom is 0.132 e. The van der Waals surface area contributed by atoms with Crippen molar-refractivity contribution in [1.29, 1.82) is 0 Å². The highest BCUT2D eigenvalue weighted by molar-refractivity contribution is 5.47. The molecule has 1 N–H and O–H groups in total. The van der Waals surface area contributed by atoms with Gasteiger partial charge < -0.3 is 15.0 Å². The predicted octanol–water partition coefficient (Wildman–Crippen LogP) is 4.15. The molecule has 1 aliphatic carbocycles. The van der Waals surface area contributed by atoms with E-state index in [0.717, 1.165) is 38.4 Å². The van der Waals surface area contributed by atoms with Gasteiger partial charge in [-0.1, -0.05) is 25.3 Å². The van der Waals surface area contributed by atoms with Crippen molar-refractivity contribution in [3.63, 3.8) is 0 Å². The van der Waals surface area contributed by atoms with Gasteiger partial charge in [-0.15, -0.1) is 0 Å². The van der Waals surface area contributed by atoms with E-state index in [0.29, 0.717) is 12.0 Å². The molecule has 2 aliphatic rings. The third-order valence-electron chi connectivity index (χ3n) is 5.87. The van der Waals surface area contributed by atoms with Crippen LogP contribution >= 0.6 is 0 Å². The van der Waals surface area contributed by atoms with Crippen molar-refractivity contribution < 1.29 is 4.74 Å². The Bertz CT molecular complexity index is 540. The third kappa shape index (κ3) is 5.18. The standard InChI is InChI=1S/C21H35N3O/c1-21(2)14-17(11-13-25-21)15-22-16-18-8-7-12-23-20(18)24(3)19-9-5-4-6-10-19/h7-8,12,17,19,22H,4-6,9-11,13-16H2,1-3H3/t17-/m0/s1. The number of nitrogens with zero attached hydrogens (tertiary/aromatic N) is 2. The zero-order chi connectivity index (χ0) is 17.7. The SMILES string of the molecule is CN(c1ncccc1CNC[C@H]1CCOC(C)(C)C1)C1CCCCC1. The highest BCUT2D eigenvalue weighted by Gasteiger charge is 2.28. The van der Waals surface area contributed by atoms with E-state index in [2.05, 4.69) is 43.2 Å². The highest BCUT2D eigenvalue weighted by atomic mass is 16.5. The number of rotatable bonds is 6. The first-order chi connectivity index (χ1) is 12.1. The van der Waals surface area contributed by atoms with Gasteiger partial charge in [-0.25, -0.2) is 4.98 Å². The summed E-state index contributed by atoms with van der Waals surface area (Å²) in [7, 11) is 2.23. The van der Waals surface area contributed by atoms with Gasteiger partial charge in [0, 0.05) is 38.0 Å². The van der Waals surface area contributed by atoms with Crippen molar-refractivity contribution in [2.45, 2.75) is 77.0 Å². The Labute approximate surface area is 153 Å². The molecule has 3 rings (SSSR count). The van der Waals surface area contributed by atoms with E-state index < -0.39 is 0 Å². The number of hydrogen-bond donors (Lipinski definition) is 1. The second kappa shape index (κ2) is 8.50. The summed E-state index contributed by atoms with van der Waals surface area (Å²) in [5, 5.41) is 3.69. The van der Waals surface area contributed by atoms with E-state index in [1.54, 1.807) is 0 Å². The molecule has 0 radical (unpaired) electrons. The molecule has 1 saturated carbocycles. The Hall–Kier alpha value is -1.13. The first-order valence-electron chi connectivity index (χ1n) is 10.1. The average molecular weight is 346 g/mol. The van der Waals surface area contributed by atoms with Gasteiger partial charge in [0.25, 0.3) is 0 Å². The topological polar surface area (TPSA) is 37.4 Å². The summed E-state index contributed by atoms with van der Waals surface area (Å²) in [6.45, 7) is 7.27. The summed E-state index contributed by atoms with van der Waals surface area (Å²) < 4.78 is 5.83. The maximum absolute atomic E-state index is 5.83. The van der Waals surface area contributed by atoms with Crippen molar-refractivity contribution in [1.82, 2.24) is 10.3 Å². The molecule has 2 heterocycles. The van der Waals surface area contributed by atoms with Crippen LogP contribution in [0.15, 0.2) is 18.3 Å². The van der Waals surface area contributed by atoms with E-state index in [-0.39, 0.29) is 5.60 Å². The summed E-state index contributed by atoms with van der Waals surface area (Å²) in [6, 6.07) is 4.94. The lowest BCUT2D eigenvalue weighted by atomic mass is 9.88. The molecule has 4 nitrogen and oxygen atoms in total. The van der Waals surface area contributed by atoms with E-state index in [4.69, 9.17) is 9.72 Å². The normalized spacial score (nSPS) is 24.2. The summed E-state index contributed by atoms with van der Waals surface area (Å²) in [5.41, 5.74) is 1.35. The molecule has 0 unspecified atom stereocenters. The van der Waals surface area contributed by atoms with Crippen molar-refractivity contribution in [3.05, 3.63) is 23.9 Å². The van der Waals surface area contributed by atoms with E-state index >= 15 is 0 Å². The number of nitrogens with one attached hydrogen (secondary N) is 1. The molecule has 2 fully saturated rings. The lowest BCUT2D eigenvalue weighted by Gasteiger charge is -2.36. The van der Waals surface area contributed by atoms with Gasteiger partial charge in [-0.2, -0.15) is 0 Å². The quantitative estimate of drug-likeness (QED) is 0.840. The number of pyridine rings is 1. The van der Waals surface area contributed by atoms with Crippen molar-refractivity contribution in [2.24, 2.45) is 5.92 Å². The fraction of sp³-hybridized carbons (Fsp3) is 0.762. The summed E-state index contributed by atoms with van der Waals surface area (Å²) in [4.78, 5) is 7.13. The molecule has 1 aromatic rings. The molecule has 1 aromatic heterocycles. The van der Waals surface area contributed by atoms with Crippen LogP contribution in [-0.2, 0) is 11.3 Å². The molecule has 1 atom stereocenters. The van der Waals surface area contributed by atoms with Crippen LogP contribution in [0.3, 0.4) is 0 Å². The molecule has 4 heteroatoms. The Kier molecular flexibility index (Phi) is 6.34. The van der Waals surface area contributed by atoms with Gasteiger partial charge in [0.15, 0.2) is 0 Å². The molecular formula is C21H35N3O. The largest absolute Gasteiger partial charge is 0.376 e. The minimum absolute atomic E-state index is 0.0330. The highest BCUT2D eigenvalue weighted by Crippen LogP contribution is 2.29. The monoisotopic (exact) mass is 345 g/mol. The second-order valence-electron chi connectivity index (χ2n) is 8.49. The number of aromatic nitrogens is 1. The van der Waals surface area contributed by atoms with Crippen LogP contribution in [0.25, 0.3) is 0 Å². The number of ether oxygens (including phenoxy) is 1. The van der Waals surface area contributed by atoms with Crippen LogP contribution < -0.4 is 10.2 Å². The average Bonchev–Trinajstić information content (AvgIpc) is 2.61. The molecule has 0 aromatic carbocycles. The first kappa shape index (κ1) is 18.7. The maximum atomic E-state index is 5.83. The second-order valence-corrected chi connectivity index (χ2v) is 8.49. The Balaban J connectivity index is 1.55. The Morgan fingerprint density at radius 1 is 1.24 bits per heavy atom. The van der Waals surface area contributed by atoms with Crippen molar-refractivity contribution >= 4 is 5.82 Å². The predicted molar refractivity (Wildman–Crippen MR) is 104 cm³/mol. The smallest absolute Gasteiger partial charge is 0.132 e. The zero-order valence-corrected chi connectivity index (χ0v) is 16.3. The van der Waals surface area contributed by atoms with E-state index in [1.165, 1.54) is 37.7 Å². The van der Waals surface area contributed by atoms with Gasteiger partial charge >= 0.3 is 0 Å². The van der Waals surface area contributed by atoms with Crippen LogP contribution in [0, 0.1) is 5.92 Å². The summed E-state index contributed by atoms with van der Waals surface area (Å²) >= 11 is 0. The van der Waals surface area contributed by atoms with Crippen molar-refractivity contribution in [2.75, 3.05) is 25.1 Å². The lowest BCUT2D eigenvalue weighted by Crippen LogP contribution is -2.38. The first-order valence-corrected chi connectivity index (χ1v) is 10.1. The number of anilines is 1. The molecule has 1 aliphatic heterocycles. The van der Waals surface area contributed by atoms with Gasteiger partial charge in [-0.3, -0.25) is 0 Å². The van der Waals surface area contributed by atoms with Gasteiger partial charge in [0.2, 0.25) is 0 Å². The Morgan fingerprint density at radius 2 is 2.04 bits per heavy atom. The number of hydrogen-bond acceptors (Lipinski definition) is 4. The van der Waals surface area contributed by atoms with E-state index in [1.807, 2.05) is 6.20 Å². The fourth-order valence-corrected chi connectivity index (χ4v) is 4.47. The zero-order valence-electron chi connectivity index (χ0n) is 16.3. The minimum atomic E-state index is 0.0330.